The molecule has 2 nitrogen and oxygen atoms in total. The van der Waals surface area contributed by atoms with Crippen molar-refractivity contribution in [2.24, 2.45) is 0 Å². The zero-order valence-corrected chi connectivity index (χ0v) is 31.1. The first-order valence-electron chi connectivity index (χ1n) is 17.3. The van der Waals surface area contributed by atoms with Crippen LogP contribution < -0.4 is 31.2 Å². The van der Waals surface area contributed by atoms with Gasteiger partial charge in [-0.15, -0.1) is 21.9 Å². The van der Waals surface area contributed by atoms with Gasteiger partial charge in [-0.05, 0) is 36.4 Å². The van der Waals surface area contributed by atoms with Crippen LogP contribution in [0.5, 0.6) is 5.75 Å². The molecule has 0 unspecified atom stereocenters. The lowest BCUT2D eigenvalue weighted by molar-refractivity contribution is -0.662. The van der Waals surface area contributed by atoms with Gasteiger partial charge in [-0.2, -0.15) is 4.57 Å². The summed E-state index contributed by atoms with van der Waals surface area (Å²) in [7, 11) is 1.69. The molecule has 0 fully saturated rings. The Morgan fingerprint density at radius 3 is 0.953 bits per heavy atom. The van der Waals surface area contributed by atoms with Crippen molar-refractivity contribution in [3.63, 3.8) is 0 Å². The number of para-hydroxylation sites is 1. The molecule has 1 heterocycles. The number of pyridine rings is 1. The van der Waals surface area contributed by atoms with Crippen LogP contribution >= 0.6 is 0 Å². The van der Waals surface area contributed by atoms with Gasteiger partial charge in [0.2, 0.25) is 5.52 Å². The quantitative estimate of drug-likeness (QED) is 0.0512. The third kappa shape index (κ3) is 7.19. The first kappa shape index (κ1) is 46.7. The number of hydrogen-bond acceptors (Lipinski definition) is 1. The Morgan fingerprint density at radius 2 is 0.641 bits per heavy atom. The molecule has 0 bridgehead atoms. The molecule has 0 saturated heterocycles. The number of rotatable bonds is 7. The Hall–Kier alpha value is -6.81. The number of halogens is 20. The molecular weight excluding hydrogens is 913 g/mol. The van der Waals surface area contributed by atoms with Crippen LogP contribution in [0.2, 0.25) is 0 Å². The summed E-state index contributed by atoms with van der Waals surface area (Å²) in [6.07, 6.45) is -5.10. The normalized spacial score (nSPS) is 11.6. The monoisotopic (exact) mass is 929 g/mol. The van der Waals surface area contributed by atoms with Gasteiger partial charge in [-0.1, -0.05) is 12.1 Å². The van der Waals surface area contributed by atoms with Crippen molar-refractivity contribution in [3.8, 4) is 5.75 Å². The average molecular weight is 929 g/mol. The van der Waals surface area contributed by atoms with E-state index in [9.17, 15) is 52.7 Å². The van der Waals surface area contributed by atoms with Crippen molar-refractivity contribution in [1.29, 1.82) is 0 Å². The van der Waals surface area contributed by atoms with E-state index < -0.39 is 144 Å². The summed E-state index contributed by atoms with van der Waals surface area (Å²) in [6.45, 7) is 0.866. The van der Waals surface area contributed by atoms with Crippen LogP contribution in [0.25, 0.3) is 10.9 Å². The van der Waals surface area contributed by atoms with E-state index in [2.05, 4.69) is 59.3 Å². The number of fused-ring (bicyclic) bond motifs is 1. The Kier molecular flexibility index (Phi) is 12.7. The SMILES string of the molecule is COc1ccc(C[n+]2cccc3ccccc32)cc1.Fc1c(F)c(F)c([B-](c2c(F)c(F)c(F)c(F)c2F)(c2c(F)c(F)c(F)c(F)c2F)c2c(F)c(F)c(F)c(F)c2F)c(F)c1F. The van der Waals surface area contributed by atoms with Gasteiger partial charge in [-0.25, -0.2) is 87.8 Å². The fourth-order valence-corrected chi connectivity index (χ4v) is 7.16. The van der Waals surface area contributed by atoms with Crippen LogP contribution in [0.3, 0.4) is 0 Å². The van der Waals surface area contributed by atoms with Crippen molar-refractivity contribution >= 4 is 38.9 Å². The minimum Gasteiger partial charge on any atom is -0.497 e. The van der Waals surface area contributed by atoms with Crippen LogP contribution in [-0.4, -0.2) is 13.3 Å². The van der Waals surface area contributed by atoms with E-state index in [-0.39, 0.29) is 0 Å². The standard InChI is InChI=1S/C24BF20.C17H16NO/c26-5-1(6(27)14(35)21(42)13(5)34)25(2-7(28)15(36)22(43)16(37)8(2)29,3-9(30)17(38)23(44)18(39)10(3)31)4-11(32)19(40)24(45)20(41)12(4)33;1-19-16-10-8-14(9-11-16)13-18-12-4-6-15-5-2-3-7-17(15)18/h;2-12H,13H2,1H3/q-1;+1. The van der Waals surface area contributed by atoms with E-state index in [0.717, 1.165) is 12.3 Å². The highest BCUT2D eigenvalue weighted by molar-refractivity contribution is 7.20. The molecule has 0 atom stereocenters. The largest absolute Gasteiger partial charge is 0.497 e. The molecule has 0 aliphatic carbocycles. The molecule has 334 valence electrons. The van der Waals surface area contributed by atoms with Gasteiger partial charge in [0, 0.05) is 23.1 Å². The highest BCUT2D eigenvalue weighted by Crippen LogP contribution is 2.31. The fourth-order valence-electron chi connectivity index (χ4n) is 7.16. The fraction of sp³-hybridized carbons (Fsp3) is 0.0488. The third-order valence-electron chi connectivity index (χ3n) is 10.0. The molecule has 0 radical (unpaired) electrons. The first-order chi connectivity index (χ1) is 30.1. The minimum absolute atomic E-state index is 0.866. The molecule has 1 aromatic heterocycles. The maximum Gasteiger partial charge on any atom is 0.212 e. The van der Waals surface area contributed by atoms with Gasteiger partial charge in [0.1, 0.15) is 58.4 Å². The Bertz CT molecular complexity index is 2630. The summed E-state index contributed by atoms with van der Waals surface area (Å²) in [5.74, 6) is -70.5. The number of aromatic nitrogens is 1. The molecule has 7 aromatic rings. The van der Waals surface area contributed by atoms with E-state index in [1.54, 1.807) is 7.11 Å². The molecule has 7 rings (SSSR count). The van der Waals surface area contributed by atoms with E-state index in [1.165, 1.54) is 16.5 Å². The number of nitrogens with zero attached hydrogens (tertiary/aromatic N) is 1. The van der Waals surface area contributed by atoms with Crippen LogP contribution in [-0.2, 0) is 6.54 Å². The van der Waals surface area contributed by atoms with E-state index in [1.807, 2.05) is 12.1 Å². The molecule has 0 saturated carbocycles. The predicted molar refractivity (Wildman–Crippen MR) is 185 cm³/mol. The lowest BCUT2D eigenvalue weighted by Crippen LogP contribution is -2.81. The summed E-state index contributed by atoms with van der Waals surface area (Å²) in [5, 5.41) is 1.26. The summed E-state index contributed by atoms with van der Waals surface area (Å²) >= 11 is 0. The maximum atomic E-state index is 15.4. The number of hydrogen-bond donors (Lipinski definition) is 0. The number of methoxy groups -OCH3 is 1. The lowest BCUT2D eigenvalue weighted by atomic mass is 9.12. The van der Waals surface area contributed by atoms with Gasteiger partial charge in [0.05, 0.1) is 7.11 Å². The molecule has 0 spiro atoms. The Labute approximate surface area is 344 Å². The van der Waals surface area contributed by atoms with Crippen LogP contribution in [0.15, 0.2) is 66.9 Å². The van der Waals surface area contributed by atoms with Crippen molar-refractivity contribution in [2.75, 3.05) is 7.11 Å². The van der Waals surface area contributed by atoms with E-state index in [0.29, 0.717) is 0 Å². The van der Waals surface area contributed by atoms with Crippen LogP contribution in [0, 0.1) is 116 Å². The van der Waals surface area contributed by atoms with Gasteiger partial charge >= 0.3 is 0 Å². The number of ether oxygens (including phenoxy) is 1. The van der Waals surface area contributed by atoms with Crippen molar-refractivity contribution in [3.05, 3.63) is 189 Å². The van der Waals surface area contributed by atoms with E-state index >= 15 is 35.1 Å². The van der Waals surface area contributed by atoms with Crippen molar-refractivity contribution < 1.29 is 97.1 Å². The zero-order chi connectivity index (χ0) is 47.4. The summed E-state index contributed by atoms with van der Waals surface area (Å²) in [4.78, 5) is 0. The Morgan fingerprint density at radius 1 is 0.359 bits per heavy atom. The summed E-state index contributed by atoms with van der Waals surface area (Å²) in [5.41, 5.74) is -11.8. The second kappa shape index (κ2) is 17.4. The molecule has 6 aromatic carbocycles. The van der Waals surface area contributed by atoms with Crippen molar-refractivity contribution in [2.45, 2.75) is 6.54 Å². The second-order valence-corrected chi connectivity index (χ2v) is 13.3. The molecular formula is C41H16BF20NO. The highest BCUT2D eigenvalue weighted by atomic mass is 19.2. The second-order valence-electron chi connectivity index (χ2n) is 13.3. The molecule has 0 amide bonds. The molecule has 0 aliphatic rings. The highest BCUT2D eigenvalue weighted by Gasteiger charge is 2.52. The van der Waals surface area contributed by atoms with Gasteiger partial charge < -0.3 is 4.74 Å². The predicted octanol–water partition coefficient (Wildman–Crippen LogP) is 9.03. The molecule has 23 heteroatoms. The summed E-state index contributed by atoms with van der Waals surface area (Å²) in [6, 6.07) is 20.9. The van der Waals surface area contributed by atoms with Crippen LogP contribution in [0.4, 0.5) is 87.8 Å². The zero-order valence-electron chi connectivity index (χ0n) is 31.1. The number of benzene rings is 6. The van der Waals surface area contributed by atoms with Crippen LogP contribution in [0.1, 0.15) is 5.56 Å². The van der Waals surface area contributed by atoms with Gasteiger partial charge in [0.15, 0.2) is 82.5 Å². The van der Waals surface area contributed by atoms with Crippen molar-refractivity contribution in [1.82, 2.24) is 0 Å². The first-order valence-corrected chi connectivity index (χ1v) is 17.3. The topological polar surface area (TPSA) is 13.1 Å². The summed E-state index contributed by atoms with van der Waals surface area (Å²) < 4.78 is 301. The molecule has 0 aliphatic heterocycles. The van der Waals surface area contributed by atoms with E-state index in [4.69, 9.17) is 4.74 Å². The van der Waals surface area contributed by atoms with Gasteiger partial charge in [0.25, 0.3) is 0 Å². The van der Waals surface area contributed by atoms with Gasteiger partial charge in [-0.3, -0.25) is 0 Å². The average Bonchev–Trinajstić information content (AvgIpc) is 3.29. The molecule has 64 heavy (non-hydrogen) atoms. The minimum atomic E-state index is -7.22. The third-order valence-corrected chi connectivity index (χ3v) is 10.0. The molecule has 0 N–H and O–H groups in total. The smallest absolute Gasteiger partial charge is 0.212 e. The maximum absolute atomic E-state index is 15.4. The Balaban J connectivity index is 0.000000295. The lowest BCUT2D eigenvalue weighted by Gasteiger charge is -2.44.